The average molecular weight is 268 g/mol. The highest BCUT2D eigenvalue weighted by molar-refractivity contribution is 6.30. The van der Waals surface area contributed by atoms with Crippen LogP contribution in [-0.4, -0.2) is 10.1 Å². The van der Waals surface area contributed by atoms with E-state index in [4.69, 9.17) is 26.6 Å². The zero-order chi connectivity index (χ0) is 13.0. The van der Waals surface area contributed by atoms with Crippen molar-refractivity contribution in [2.75, 3.05) is 0 Å². The van der Waals surface area contributed by atoms with Crippen molar-refractivity contribution in [2.24, 2.45) is 5.73 Å². The standard InChI is InChI=1S/C12H14ClN3O2/c1-2-10(14)12-15-11(18-16-12)7-17-9-5-3-8(13)4-6-9/h3-6,10H,2,7,14H2,1H3. The minimum Gasteiger partial charge on any atom is -0.484 e. The van der Waals surface area contributed by atoms with Crippen LogP contribution >= 0.6 is 11.6 Å². The van der Waals surface area contributed by atoms with Crippen molar-refractivity contribution < 1.29 is 9.26 Å². The normalized spacial score (nSPS) is 12.4. The van der Waals surface area contributed by atoms with Crippen LogP contribution in [0.1, 0.15) is 31.1 Å². The topological polar surface area (TPSA) is 74.2 Å². The van der Waals surface area contributed by atoms with Crippen LogP contribution in [0.15, 0.2) is 28.8 Å². The molecule has 1 heterocycles. The first-order chi connectivity index (χ1) is 8.69. The van der Waals surface area contributed by atoms with Crippen molar-refractivity contribution in [1.29, 1.82) is 0 Å². The van der Waals surface area contributed by atoms with Crippen molar-refractivity contribution >= 4 is 11.6 Å². The van der Waals surface area contributed by atoms with Gasteiger partial charge in [-0.1, -0.05) is 23.7 Å². The average Bonchev–Trinajstić information content (AvgIpc) is 2.86. The van der Waals surface area contributed by atoms with Crippen molar-refractivity contribution in [3.05, 3.63) is 41.0 Å². The molecule has 96 valence electrons. The zero-order valence-corrected chi connectivity index (χ0v) is 10.7. The Morgan fingerprint density at radius 1 is 1.39 bits per heavy atom. The third kappa shape index (κ3) is 3.21. The molecule has 0 amide bonds. The molecular weight excluding hydrogens is 254 g/mol. The van der Waals surface area contributed by atoms with Crippen LogP contribution in [0, 0.1) is 0 Å². The van der Waals surface area contributed by atoms with E-state index in [0.29, 0.717) is 22.5 Å². The van der Waals surface area contributed by atoms with Gasteiger partial charge in [0.2, 0.25) is 0 Å². The number of nitrogens with zero attached hydrogens (tertiary/aromatic N) is 2. The SMILES string of the molecule is CCC(N)c1noc(COc2ccc(Cl)cc2)n1. The first-order valence-corrected chi connectivity index (χ1v) is 6.03. The first-order valence-electron chi connectivity index (χ1n) is 5.65. The van der Waals surface area contributed by atoms with Gasteiger partial charge in [-0.2, -0.15) is 4.98 Å². The Morgan fingerprint density at radius 2 is 2.11 bits per heavy atom. The summed E-state index contributed by atoms with van der Waals surface area (Å²) in [6, 6.07) is 6.86. The fourth-order valence-corrected chi connectivity index (χ4v) is 1.46. The molecule has 2 aromatic rings. The van der Waals surface area contributed by atoms with Crippen molar-refractivity contribution in [1.82, 2.24) is 10.1 Å². The minimum absolute atomic E-state index is 0.196. The molecule has 1 aromatic carbocycles. The van der Waals surface area contributed by atoms with Gasteiger partial charge in [-0.05, 0) is 30.7 Å². The molecule has 0 fully saturated rings. The molecule has 18 heavy (non-hydrogen) atoms. The maximum atomic E-state index is 5.79. The number of hydrogen-bond donors (Lipinski definition) is 1. The van der Waals surface area contributed by atoms with Crippen LogP contribution in [0.4, 0.5) is 0 Å². The first kappa shape index (κ1) is 12.9. The van der Waals surface area contributed by atoms with Gasteiger partial charge in [0.25, 0.3) is 5.89 Å². The van der Waals surface area contributed by atoms with E-state index in [-0.39, 0.29) is 12.6 Å². The number of nitrogens with two attached hydrogens (primary N) is 1. The number of hydrogen-bond acceptors (Lipinski definition) is 5. The smallest absolute Gasteiger partial charge is 0.264 e. The van der Waals surface area contributed by atoms with Gasteiger partial charge < -0.3 is 15.0 Å². The molecule has 0 radical (unpaired) electrons. The molecular formula is C12H14ClN3O2. The number of benzene rings is 1. The van der Waals surface area contributed by atoms with Gasteiger partial charge >= 0.3 is 0 Å². The van der Waals surface area contributed by atoms with E-state index in [1.165, 1.54) is 0 Å². The highest BCUT2D eigenvalue weighted by Crippen LogP contribution is 2.17. The van der Waals surface area contributed by atoms with Gasteiger partial charge in [0, 0.05) is 5.02 Å². The summed E-state index contributed by atoms with van der Waals surface area (Å²) in [5, 5.41) is 4.46. The molecule has 2 N–H and O–H groups in total. The Balaban J connectivity index is 1.94. The third-order valence-corrected chi connectivity index (χ3v) is 2.68. The quantitative estimate of drug-likeness (QED) is 0.901. The third-order valence-electron chi connectivity index (χ3n) is 2.43. The summed E-state index contributed by atoms with van der Waals surface area (Å²) in [6.07, 6.45) is 0.761. The van der Waals surface area contributed by atoms with Gasteiger partial charge in [0.15, 0.2) is 12.4 Å². The van der Waals surface area contributed by atoms with Crippen LogP contribution < -0.4 is 10.5 Å². The van der Waals surface area contributed by atoms with Crippen molar-refractivity contribution in [2.45, 2.75) is 26.0 Å². The molecule has 6 heteroatoms. The molecule has 0 bridgehead atoms. The van der Waals surface area contributed by atoms with Crippen molar-refractivity contribution in [3.8, 4) is 5.75 Å². The summed E-state index contributed by atoms with van der Waals surface area (Å²) < 4.78 is 10.5. The lowest BCUT2D eigenvalue weighted by molar-refractivity contribution is 0.242. The molecule has 1 atom stereocenters. The lowest BCUT2D eigenvalue weighted by atomic mass is 10.2. The number of ether oxygens (including phenoxy) is 1. The second-order valence-corrected chi connectivity index (χ2v) is 4.24. The summed E-state index contributed by atoms with van der Waals surface area (Å²) in [4.78, 5) is 4.16. The molecule has 0 saturated heterocycles. The van der Waals surface area contributed by atoms with Gasteiger partial charge in [0.1, 0.15) is 5.75 Å². The highest BCUT2D eigenvalue weighted by Gasteiger charge is 2.12. The summed E-state index contributed by atoms with van der Waals surface area (Å²) in [5.41, 5.74) is 5.79. The van der Waals surface area contributed by atoms with Crippen molar-refractivity contribution in [3.63, 3.8) is 0 Å². The fraction of sp³-hybridized carbons (Fsp3) is 0.333. The van der Waals surface area contributed by atoms with Gasteiger partial charge in [-0.3, -0.25) is 0 Å². The largest absolute Gasteiger partial charge is 0.484 e. The maximum absolute atomic E-state index is 5.79. The van der Waals surface area contributed by atoms with Crippen LogP contribution in [0.25, 0.3) is 0 Å². The van der Waals surface area contributed by atoms with Gasteiger partial charge in [-0.15, -0.1) is 0 Å². The molecule has 0 saturated carbocycles. The monoisotopic (exact) mass is 267 g/mol. The fourth-order valence-electron chi connectivity index (χ4n) is 1.34. The van der Waals surface area contributed by atoms with E-state index < -0.39 is 0 Å². The number of halogens is 1. The van der Waals surface area contributed by atoms with E-state index in [1.807, 2.05) is 6.92 Å². The van der Waals surface area contributed by atoms with E-state index in [9.17, 15) is 0 Å². The second-order valence-electron chi connectivity index (χ2n) is 3.80. The summed E-state index contributed by atoms with van der Waals surface area (Å²) in [6.45, 7) is 2.18. The van der Waals surface area contributed by atoms with Crippen LogP contribution in [-0.2, 0) is 6.61 Å². The molecule has 0 spiro atoms. The summed E-state index contributed by atoms with van der Waals surface area (Å²) in [5.74, 6) is 1.61. The lowest BCUT2D eigenvalue weighted by Gasteiger charge is -2.02. The van der Waals surface area contributed by atoms with Gasteiger partial charge in [-0.25, -0.2) is 0 Å². The van der Waals surface area contributed by atoms with E-state index in [1.54, 1.807) is 24.3 Å². The molecule has 0 aliphatic carbocycles. The molecule has 1 aromatic heterocycles. The van der Waals surface area contributed by atoms with Gasteiger partial charge in [0.05, 0.1) is 6.04 Å². The lowest BCUT2D eigenvalue weighted by Crippen LogP contribution is -2.10. The Labute approximate surface area is 110 Å². The molecule has 2 rings (SSSR count). The number of aromatic nitrogens is 2. The minimum atomic E-state index is -0.196. The van der Waals surface area contributed by atoms with Crippen LogP contribution in [0.2, 0.25) is 5.02 Å². The summed E-state index contributed by atoms with van der Waals surface area (Å²) in [7, 11) is 0. The van der Waals surface area contributed by atoms with Crippen LogP contribution in [0.5, 0.6) is 5.75 Å². The van der Waals surface area contributed by atoms with E-state index in [2.05, 4.69) is 10.1 Å². The molecule has 5 nitrogen and oxygen atoms in total. The predicted octanol–water partition coefficient (Wildman–Crippen LogP) is 2.71. The highest BCUT2D eigenvalue weighted by atomic mass is 35.5. The van der Waals surface area contributed by atoms with E-state index >= 15 is 0 Å². The Hall–Kier alpha value is -1.59. The second kappa shape index (κ2) is 5.84. The number of rotatable bonds is 5. The molecule has 0 aliphatic heterocycles. The molecule has 0 aliphatic rings. The Morgan fingerprint density at radius 3 is 2.78 bits per heavy atom. The van der Waals surface area contributed by atoms with E-state index in [0.717, 1.165) is 6.42 Å². The Bertz CT molecular complexity index is 498. The zero-order valence-electron chi connectivity index (χ0n) is 9.97. The Kier molecular flexibility index (Phi) is 4.17. The maximum Gasteiger partial charge on any atom is 0.264 e. The van der Waals surface area contributed by atoms with Crippen LogP contribution in [0.3, 0.4) is 0 Å². The molecule has 1 unspecified atom stereocenters. The summed E-state index contributed by atoms with van der Waals surface area (Å²) >= 11 is 5.77. The predicted molar refractivity (Wildman–Crippen MR) is 67.3 cm³/mol.